The first-order valence-corrected chi connectivity index (χ1v) is 3.87. The largest absolute Gasteiger partial charge is 0.454 e. The van der Waals surface area contributed by atoms with E-state index in [1.807, 2.05) is 0 Å². The van der Waals surface area contributed by atoms with Gasteiger partial charge in [0.1, 0.15) is 6.54 Å². The molecule has 0 spiro atoms. The van der Waals surface area contributed by atoms with Crippen molar-refractivity contribution in [2.75, 3.05) is 26.2 Å². The molecule has 2 N–H and O–H groups in total. The average Bonchev–Trinajstić information content (AvgIpc) is 2.07. The van der Waals surface area contributed by atoms with Gasteiger partial charge in [0.05, 0.1) is 0 Å². The van der Waals surface area contributed by atoms with E-state index in [0.717, 1.165) is 6.42 Å². The molecule has 0 aliphatic carbocycles. The van der Waals surface area contributed by atoms with Gasteiger partial charge in [0.15, 0.2) is 6.61 Å². The fraction of sp³-hybridized carbons (Fsp3) is 0.714. The molecule has 0 atom stereocenters. The molecule has 0 aromatic carbocycles. The van der Waals surface area contributed by atoms with E-state index in [2.05, 4.69) is 4.74 Å². The maximum atomic E-state index is 11.1. The van der Waals surface area contributed by atoms with Crippen LogP contribution in [0.2, 0.25) is 0 Å². The zero-order valence-electron chi connectivity index (χ0n) is 6.78. The van der Waals surface area contributed by atoms with Crippen LogP contribution in [0.1, 0.15) is 6.42 Å². The number of nitrogens with zero attached hydrogens (tertiary/aromatic N) is 1. The van der Waals surface area contributed by atoms with Crippen molar-refractivity contribution in [2.24, 2.45) is 5.73 Å². The average molecular weight is 172 g/mol. The van der Waals surface area contributed by atoms with Gasteiger partial charge in [-0.15, -0.1) is 0 Å². The summed E-state index contributed by atoms with van der Waals surface area (Å²) in [7, 11) is 0. The van der Waals surface area contributed by atoms with Crippen LogP contribution in [-0.4, -0.2) is 43.0 Å². The van der Waals surface area contributed by atoms with Crippen LogP contribution in [0.3, 0.4) is 0 Å². The second kappa shape index (κ2) is 4.06. The third-order valence-electron chi connectivity index (χ3n) is 1.66. The predicted octanol–water partition coefficient (Wildman–Crippen LogP) is -1.28. The number of morpholine rings is 1. The molecule has 1 rings (SSSR count). The van der Waals surface area contributed by atoms with Gasteiger partial charge in [0.2, 0.25) is 0 Å². The molecule has 0 bridgehead atoms. The number of nitrogens with two attached hydrogens (primary N) is 1. The van der Waals surface area contributed by atoms with Crippen LogP contribution in [-0.2, 0) is 14.3 Å². The van der Waals surface area contributed by atoms with Gasteiger partial charge in [-0.2, -0.15) is 0 Å². The molecule has 1 heterocycles. The van der Waals surface area contributed by atoms with Crippen molar-refractivity contribution in [1.29, 1.82) is 0 Å². The lowest BCUT2D eigenvalue weighted by Crippen LogP contribution is -2.45. The van der Waals surface area contributed by atoms with Crippen LogP contribution in [0.15, 0.2) is 0 Å². The molecule has 1 fully saturated rings. The van der Waals surface area contributed by atoms with Crippen molar-refractivity contribution in [1.82, 2.24) is 4.90 Å². The van der Waals surface area contributed by atoms with Crippen LogP contribution in [0.25, 0.3) is 0 Å². The maximum absolute atomic E-state index is 11.1. The third-order valence-corrected chi connectivity index (χ3v) is 1.66. The maximum Gasteiger partial charge on any atom is 0.326 e. The molecule has 0 radical (unpaired) electrons. The molecule has 1 amide bonds. The number of rotatable bonds is 3. The van der Waals surface area contributed by atoms with Crippen molar-refractivity contribution in [3.05, 3.63) is 0 Å². The lowest BCUT2D eigenvalue weighted by atomic mass is 10.3. The highest BCUT2D eigenvalue weighted by molar-refractivity contribution is 5.87. The molecule has 5 heteroatoms. The molecular formula is C7H12N2O3. The summed E-state index contributed by atoms with van der Waals surface area (Å²) in [4.78, 5) is 23.3. The number of cyclic esters (lactones) is 1. The Bertz CT molecular complexity index is 193. The van der Waals surface area contributed by atoms with Gasteiger partial charge in [0.25, 0.3) is 5.91 Å². The standard InChI is InChI=1S/C7H12N2O3/c8-2-1-3-9-4-7(11)12-5-6(9)10/h1-5,8H2. The van der Waals surface area contributed by atoms with Gasteiger partial charge < -0.3 is 15.4 Å². The van der Waals surface area contributed by atoms with E-state index in [-0.39, 0.29) is 25.0 Å². The number of esters is 1. The van der Waals surface area contributed by atoms with Crippen molar-refractivity contribution in [3.63, 3.8) is 0 Å². The first kappa shape index (κ1) is 8.99. The summed E-state index contributed by atoms with van der Waals surface area (Å²) in [5, 5.41) is 0. The predicted molar refractivity (Wildman–Crippen MR) is 41.2 cm³/mol. The minimum absolute atomic E-state index is 0.0683. The van der Waals surface area contributed by atoms with Gasteiger partial charge in [0, 0.05) is 6.54 Å². The van der Waals surface area contributed by atoms with E-state index in [1.165, 1.54) is 4.90 Å². The number of carbonyl (C=O) groups is 2. The third kappa shape index (κ3) is 2.20. The number of hydrogen-bond donors (Lipinski definition) is 1. The van der Waals surface area contributed by atoms with Crippen LogP contribution in [0.4, 0.5) is 0 Å². The number of carbonyl (C=O) groups excluding carboxylic acids is 2. The molecule has 0 aromatic heterocycles. The first-order chi connectivity index (χ1) is 5.74. The summed E-state index contributed by atoms with van der Waals surface area (Å²) in [6.07, 6.45) is 0.721. The summed E-state index contributed by atoms with van der Waals surface area (Å²) in [6.45, 7) is 1.02. The van der Waals surface area contributed by atoms with E-state index in [4.69, 9.17) is 5.73 Å². The van der Waals surface area contributed by atoms with Crippen molar-refractivity contribution in [2.45, 2.75) is 6.42 Å². The normalized spacial score (nSPS) is 17.9. The Labute approximate surface area is 70.5 Å². The monoisotopic (exact) mass is 172 g/mol. The Hall–Kier alpha value is -1.10. The highest BCUT2D eigenvalue weighted by Gasteiger charge is 2.23. The van der Waals surface area contributed by atoms with E-state index >= 15 is 0 Å². The molecular weight excluding hydrogens is 160 g/mol. The lowest BCUT2D eigenvalue weighted by Gasteiger charge is -2.25. The van der Waals surface area contributed by atoms with E-state index < -0.39 is 0 Å². The SMILES string of the molecule is NCCCN1CC(=O)OCC1=O. The van der Waals surface area contributed by atoms with Crippen LogP contribution in [0.5, 0.6) is 0 Å². The Morgan fingerprint density at radius 2 is 2.25 bits per heavy atom. The molecule has 1 aliphatic heterocycles. The molecule has 0 saturated carbocycles. The summed E-state index contributed by atoms with van der Waals surface area (Å²) in [6, 6.07) is 0. The van der Waals surface area contributed by atoms with Gasteiger partial charge >= 0.3 is 5.97 Å². The zero-order chi connectivity index (χ0) is 8.97. The highest BCUT2D eigenvalue weighted by Crippen LogP contribution is 2.00. The second-order valence-corrected chi connectivity index (χ2v) is 2.62. The van der Waals surface area contributed by atoms with Crippen molar-refractivity contribution >= 4 is 11.9 Å². The summed E-state index contributed by atoms with van der Waals surface area (Å²) in [5.74, 6) is -0.477. The molecule has 1 aliphatic rings. The fourth-order valence-electron chi connectivity index (χ4n) is 1.01. The van der Waals surface area contributed by atoms with E-state index in [1.54, 1.807) is 0 Å². The van der Waals surface area contributed by atoms with Gasteiger partial charge in [-0.3, -0.25) is 9.59 Å². The second-order valence-electron chi connectivity index (χ2n) is 2.62. The molecule has 12 heavy (non-hydrogen) atoms. The van der Waals surface area contributed by atoms with Gasteiger partial charge in [-0.25, -0.2) is 0 Å². The smallest absolute Gasteiger partial charge is 0.326 e. The van der Waals surface area contributed by atoms with Crippen LogP contribution >= 0.6 is 0 Å². The molecule has 5 nitrogen and oxygen atoms in total. The van der Waals surface area contributed by atoms with E-state index in [9.17, 15) is 9.59 Å². The molecule has 0 aromatic rings. The Kier molecular flexibility index (Phi) is 3.04. The first-order valence-electron chi connectivity index (χ1n) is 3.87. The quantitative estimate of drug-likeness (QED) is 0.538. The Morgan fingerprint density at radius 3 is 2.92 bits per heavy atom. The molecule has 68 valence electrons. The van der Waals surface area contributed by atoms with Crippen LogP contribution < -0.4 is 5.73 Å². The minimum Gasteiger partial charge on any atom is -0.454 e. The number of ether oxygens (including phenoxy) is 1. The lowest BCUT2D eigenvalue weighted by molar-refractivity contribution is -0.162. The van der Waals surface area contributed by atoms with E-state index in [0.29, 0.717) is 13.1 Å². The number of hydrogen-bond acceptors (Lipinski definition) is 4. The minimum atomic E-state index is -0.341. The number of amides is 1. The summed E-state index contributed by atoms with van der Waals surface area (Å²) < 4.78 is 4.54. The van der Waals surface area contributed by atoms with Gasteiger partial charge in [-0.05, 0) is 13.0 Å². The zero-order valence-corrected chi connectivity index (χ0v) is 6.78. The molecule has 0 unspecified atom stereocenters. The van der Waals surface area contributed by atoms with Crippen LogP contribution in [0, 0.1) is 0 Å². The van der Waals surface area contributed by atoms with Gasteiger partial charge in [-0.1, -0.05) is 0 Å². The summed E-state index contributed by atoms with van der Waals surface area (Å²) in [5.41, 5.74) is 5.27. The topological polar surface area (TPSA) is 72.6 Å². The summed E-state index contributed by atoms with van der Waals surface area (Å²) >= 11 is 0. The van der Waals surface area contributed by atoms with Crippen molar-refractivity contribution in [3.8, 4) is 0 Å². The Balaban J connectivity index is 2.38. The fourth-order valence-corrected chi connectivity index (χ4v) is 1.01. The van der Waals surface area contributed by atoms with Crippen molar-refractivity contribution < 1.29 is 14.3 Å². The highest BCUT2D eigenvalue weighted by atomic mass is 16.5. The molecule has 1 saturated heterocycles. The Morgan fingerprint density at radius 1 is 1.50 bits per heavy atom.